The van der Waals surface area contributed by atoms with Gasteiger partial charge >= 0.3 is 0 Å². The number of hydrogen-bond acceptors (Lipinski definition) is 5. The van der Waals surface area contributed by atoms with Crippen molar-refractivity contribution in [2.24, 2.45) is 5.92 Å². The van der Waals surface area contributed by atoms with Crippen LogP contribution in [0.15, 0.2) is 27.6 Å². The van der Waals surface area contributed by atoms with Gasteiger partial charge in [-0.1, -0.05) is 13.8 Å². The van der Waals surface area contributed by atoms with Crippen LogP contribution in [-0.2, 0) is 0 Å². The summed E-state index contributed by atoms with van der Waals surface area (Å²) >= 11 is 1.24. The van der Waals surface area contributed by atoms with E-state index < -0.39 is 0 Å². The summed E-state index contributed by atoms with van der Waals surface area (Å²) in [4.78, 5) is 33.4. The number of carbonyl (C=O) groups excluding carboxylic acids is 1. The molecule has 0 aliphatic rings. The van der Waals surface area contributed by atoms with Crippen LogP contribution in [0, 0.1) is 12.8 Å². The number of aromatic amines is 1. The Morgan fingerprint density at radius 3 is 2.77 bits per heavy atom. The fraction of sp³-hybridized carbons (Fsp3) is 0.421. The Bertz CT molecular complexity index is 970. The summed E-state index contributed by atoms with van der Waals surface area (Å²) in [5.74, 6) is 1.30. The number of carbonyl (C=O) groups is 1. The van der Waals surface area contributed by atoms with Gasteiger partial charge in [-0.05, 0) is 50.3 Å². The molecule has 1 atom stereocenters. The first kappa shape index (κ1) is 18.4. The van der Waals surface area contributed by atoms with Gasteiger partial charge in [0, 0.05) is 6.04 Å². The molecule has 138 valence electrons. The first-order valence-corrected chi connectivity index (χ1v) is 9.56. The maximum absolute atomic E-state index is 12.7. The number of nitrogens with zero attached hydrogens (tertiary/aromatic N) is 1. The molecular weight excluding hydrogens is 350 g/mol. The number of fused-ring (bicyclic) bond motifs is 1. The summed E-state index contributed by atoms with van der Waals surface area (Å²) in [5.41, 5.74) is 0.403. The summed E-state index contributed by atoms with van der Waals surface area (Å²) < 4.78 is 5.30. The van der Waals surface area contributed by atoms with Crippen LogP contribution < -0.4 is 10.9 Å². The van der Waals surface area contributed by atoms with Crippen molar-refractivity contribution >= 4 is 27.5 Å². The third-order valence-corrected chi connectivity index (χ3v) is 5.50. The molecule has 0 radical (unpaired) electrons. The van der Waals surface area contributed by atoms with Crippen LogP contribution in [0.2, 0.25) is 0 Å². The van der Waals surface area contributed by atoms with E-state index in [-0.39, 0.29) is 17.5 Å². The van der Waals surface area contributed by atoms with E-state index in [1.165, 1.54) is 17.6 Å². The minimum Gasteiger partial charge on any atom is -0.461 e. The monoisotopic (exact) mass is 373 g/mol. The Kier molecular flexibility index (Phi) is 5.27. The molecule has 0 saturated carbocycles. The van der Waals surface area contributed by atoms with Crippen LogP contribution in [0.25, 0.3) is 21.8 Å². The van der Waals surface area contributed by atoms with Gasteiger partial charge in [-0.15, -0.1) is 11.3 Å². The molecule has 1 amide bonds. The Balaban J connectivity index is 1.90. The van der Waals surface area contributed by atoms with Crippen molar-refractivity contribution in [3.63, 3.8) is 0 Å². The van der Waals surface area contributed by atoms with E-state index in [4.69, 9.17) is 4.42 Å². The van der Waals surface area contributed by atoms with Crippen molar-refractivity contribution < 1.29 is 9.21 Å². The molecule has 0 bridgehead atoms. The molecule has 7 heteroatoms. The number of furan rings is 1. The molecular formula is C19H23N3O3S. The quantitative estimate of drug-likeness (QED) is 0.681. The Morgan fingerprint density at radius 2 is 2.12 bits per heavy atom. The normalized spacial score (nSPS) is 12.7. The molecule has 2 N–H and O–H groups in total. The average molecular weight is 373 g/mol. The third-order valence-electron chi connectivity index (χ3n) is 4.32. The van der Waals surface area contributed by atoms with Crippen LogP contribution in [0.1, 0.15) is 48.8 Å². The topological polar surface area (TPSA) is 88.0 Å². The van der Waals surface area contributed by atoms with E-state index in [1.54, 1.807) is 19.1 Å². The van der Waals surface area contributed by atoms with Gasteiger partial charge in [0.15, 0.2) is 11.6 Å². The van der Waals surface area contributed by atoms with Gasteiger partial charge in [-0.25, -0.2) is 4.98 Å². The van der Waals surface area contributed by atoms with E-state index in [0.29, 0.717) is 38.2 Å². The molecule has 0 fully saturated rings. The Morgan fingerprint density at radius 1 is 1.35 bits per heavy atom. The van der Waals surface area contributed by atoms with Crippen molar-refractivity contribution in [2.45, 2.75) is 46.6 Å². The highest BCUT2D eigenvalue weighted by Crippen LogP contribution is 2.28. The molecule has 26 heavy (non-hydrogen) atoms. The number of amides is 1. The molecule has 0 aliphatic heterocycles. The first-order chi connectivity index (χ1) is 12.4. The molecule has 3 rings (SSSR count). The van der Waals surface area contributed by atoms with Gasteiger partial charge in [0.2, 0.25) is 0 Å². The second-order valence-corrected chi connectivity index (χ2v) is 7.97. The largest absolute Gasteiger partial charge is 0.461 e. The van der Waals surface area contributed by atoms with E-state index in [2.05, 4.69) is 29.1 Å². The van der Waals surface area contributed by atoms with E-state index >= 15 is 0 Å². The van der Waals surface area contributed by atoms with Gasteiger partial charge in [-0.2, -0.15) is 0 Å². The number of H-pyrrole nitrogens is 1. The van der Waals surface area contributed by atoms with Crippen LogP contribution in [0.5, 0.6) is 0 Å². The molecule has 3 aromatic heterocycles. The second-order valence-electron chi connectivity index (χ2n) is 6.97. The molecule has 0 spiro atoms. The van der Waals surface area contributed by atoms with E-state index in [9.17, 15) is 9.59 Å². The zero-order valence-corrected chi connectivity index (χ0v) is 16.2. The maximum Gasteiger partial charge on any atom is 0.261 e. The highest BCUT2D eigenvalue weighted by atomic mass is 32.1. The molecule has 0 aliphatic carbocycles. The van der Waals surface area contributed by atoms with Crippen molar-refractivity contribution in [3.05, 3.63) is 39.2 Å². The molecule has 1 unspecified atom stereocenters. The Labute approximate surface area is 155 Å². The number of thiophene rings is 1. The number of hydrogen-bond donors (Lipinski definition) is 2. The zero-order chi connectivity index (χ0) is 18.8. The van der Waals surface area contributed by atoms with Crippen molar-refractivity contribution in [1.82, 2.24) is 15.3 Å². The van der Waals surface area contributed by atoms with Crippen molar-refractivity contribution in [1.29, 1.82) is 0 Å². The van der Waals surface area contributed by atoms with Gasteiger partial charge < -0.3 is 14.7 Å². The summed E-state index contributed by atoms with van der Waals surface area (Å²) in [6.07, 6.45) is 3.51. The number of aromatic nitrogens is 2. The molecule has 3 aromatic rings. The molecule has 3 heterocycles. The van der Waals surface area contributed by atoms with E-state index in [1.807, 2.05) is 6.92 Å². The Hall–Kier alpha value is -2.41. The minimum absolute atomic E-state index is 0.0828. The molecule has 6 nitrogen and oxygen atoms in total. The average Bonchev–Trinajstić information content (AvgIpc) is 3.21. The second kappa shape index (κ2) is 7.45. The predicted molar refractivity (Wildman–Crippen MR) is 104 cm³/mol. The van der Waals surface area contributed by atoms with Crippen LogP contribution in [0.4, 0.5) is 0 Å². The fourth-order valence-electron chi connectivity index (χ4n) is 2.84. The van der Waals surface area contributed by atoms with Crippen LogP contribution >= 0.6 is 11.3 Å². The van der Waals surface area contributed by atoms with Gasteiger partial charge in [-0.3, -0.25) is 9.59 Å². The number of nitrogens with one attached hydrogen (secondary N) is 2. The lowest BCUT2D eigenvalue weighted by Crippen LogP contribution is -2.32. The molecule has 0 saturated heterocycles. The summed E-state index contributed by atoms with van der Waals surface area (Å²) in [7, 11) is 0. The lowest BCUT2D eigenvalue weighted by molar-refractivity contribution is 0.0941. The SMILES string of the molecule is Cc1c(C(=O)NC(C)CCC(C)C)sc2nc(-c3ccco3)[nH]c(=O)c12. The maximum atomic E-state index is 12.7. The molecule has 0 aromatic carbocycles. The van der Waals surface area contributed by atoms with Crippen LogP contribution in [-0.4, -0.2) is 21.9 Å². The third kappa shape index (κ3) is 3.72. The van der Waals surface area contributed by atoms with Crippen LogP contribution in [0.3, 0.4) is 0 Å². The lowest BCUT2D eigenvalue weighted by Gasteiger charge is -2.14. The highest BCUT2D eigenvalue weighted by Gasteiger charge is 2.21. The zero-order valence-electron chi connectivity index (χ0n) is 15.4. The lowest BCUT2D eigenvalue weighted by atomic mass is 10.0. The van der Waals surface area contributed by atoms with Gasteiger partial charge in [0.25, 0.3) is 11.5 Å². The highest BCUT2D eigenvalue weighted by molar-refractivity contribution is 7.20. The number of aryl methyl sites for hydroxylation is 1. The fourth-order valence-corrected chi connectivity index (χ4v) is 3.92. The summed E-state index contributed by atoms with van der Waals surface area (Å²) in [6.45, 7) is 8.12. The predicted octanol–water partition coefficient (Wildman–Crippen LogP) is 4.11. The first-order valence-electron chi connectivity index (χ1n) is 8.75. The van der Waals surface area contributed by atoms with Gasteiger partial charge in [0.1, 0.15) is 4.83 Å². The standard InChI is InChI=1S/C19H23N3O3S/c1-10(2)7-8-11(3)20-18(24)15-12(4)14-17(23)21-16(22-19(14)26-15)13-6-5-9-25-13/h5-6,9-11H,7-8H2,1-4H3,(H,20,24)(H,21,22,23). The van der Waals surface area contributed by atoms with Gasteiger partial charge in [0.05, 0.1) is 16.5 Å². The summed E-state index contributed by atoms with van der Waals surface area (Å²) in [5, 5.41) is 3.49. The van der Waals surface area contributed by atoms with E-state index in [0.717, 1.165) is 12.8 Å². The summed E-state index contributed by atoms with van der Waals surface area (Å²) in [6, 6.07) is 3.55. The number of rotatable bonds is 6. The van der Waals surface area contributed by atoms with Crippen molar-refractivity contribution in [3.8, 4) is 11.6 Å². The minimum atomic E-state index is -0.262. The smallest absolute Gasteiger partial charge is 0.261 e. The van der Waals surface area contributed by atoms with Crippen molar-refractivity contribution in [2.75, 3.05) is 0 Å².